The van der Waals surface area contributed by atoms with Crippen molar-refractivity contribution in [3.05, 3.63) is 49.8 Å². The van der Waals surface area contributed by atoms with Crippen LogP contribution in [0.1, 0.15) is 16.8 Å². The van der Waals surface area contributed by atoms with Crippen LogP contribution >= 0.6 is 15.9 Å². The van der Waals surface area contributed by atoms with Crippen LogP contribution in [0.3, 0.4) is 0 Å². The first-order valence-corrected chi connectivity index (χ1v) is 6.67. The molecule has 0 unspecified atom stereocenters. The van der Waals surface area contributed by atoms with Gasteiger partial charge >= 0.3 is 0 Å². The molecule has 19 heavy (non-hydrogen) atoms. The summed E-state index contributed by atoms with van der Waals surface area (Å²) in [5.41, 5.74) is 3.56. The van der Waals surface area contributed by atoms with E-state index in [2.05, 4.69) is 25.9 Å². The van der Waals surface area contributed by atoms with Crippen molar-refractivity contribution in [2.24, 2.45) is 0 Å². The standard InChI is InChI=1S/C14H15BrN2O2/c1-8-4-10(5-9(2)13(8)15)14-16-11(7-19-3)6-12(18)17-14/h4-6H,7H2,1-3H3,(H,16,17,18). The summed E-state index contributed by atoms with van der Waals surface area (Å²) in [5.74, 6) is 0.568. The second-order valence-electron chi connectivity index (χ2n) is 4.44. The van der Waals surface area contributed by atoms with Crippen LogP contribution in [0.25, 0.3) is 11.4 Å². The van der Waals surface area contributed by atoms with Crippen molar-refractivity contribution in [1.29, 1.82) is 0 Å². The van der Waals surface area contributed by atoms with Crippen molar-refractivity contribution in [3.8, 4) is 11.4 Å². The number of nitrogens with one attached hydrogen (secondary N) is 1. The minimum atomic E-state index is -0.171. The number of aromatic amines is 1. The summed E-state index contributed by atoms with van der Waals surface area (Å²) in [7, 11) is 1.58. The van der Waals surface area contributed by atoms with E-state index in [1.807, 2.05) is 26.0 Å². The second kappa shape index (κ2) is 5.67. The highest BCUT2D eigenvalue weighted by Crippen LogP contribution is 2.26. The van der Waals surface area contributed by atoms with Crippen LogP contribution in [0.5, 0.6) is 0 Å². The highest BCUT2D eigenvalue weighted by molar-refractivity contribution is 9.10. The minimum Gasteiger partial charge on any atom is -0.378 e. The van der Waals surface area contributed by atoms with Crippen LogP contribution in [0.2, 0.25) is 0 Å². The summed E-state index contributed by atoms with van der Waals surface area (Å²) in [6, 6.07) is 5.43. The highest BCUT2D eigenvalue weighted by atomic mass is 79.9. The van der Waals surface area contributed by atoms with Gasteiger partial charge in [0.05, 0.1) is 12.3 Å². The van der Waals surface area contributed by atoms with Gasteiger partial charge in [0.2, 0.25) is 0 Å². The Morgan fingerprint density at radius 2 is 1.89 bits per heavy atom. The van der Waals surface area contributed by atoms with E-state index in [9.17, 15) is 4.79 Å². The summed E-state index contributed by atoms with van der Waals surface area (Å²) >= 11 is 3.53. The van der Waals surface area contributed by atoms with Gasteiger partial charge in [-0.1, -0.05) is 15.9 Å². The molecule has 0 radical (unpaired) electrons. The first-order valence-electron chi connectivity index (χ1n) is 5.87. The van der Waals surface area contributed by atoms with Crippen molar-refractivity contribution in [2.45, 2.75) is 20.5 Å². The zero-order chi connectivity index (χ0) is 14.0. The maximum absolute atomic E-state index is 11.6. The monoisotopic (exact) mass is 322 g/mol. The smallest absolute Gasteiger partial charge is 0.251 e. The quantitative estimate of drug-likeness (QED) is 0.945. The number of aryl methyl sites for hydroxylation is 2. The summed E-state index contributed by atoms with van der Waals surface area (Å²) in [4.78, 5) is 18.8. The number of rotatable bonds is 3. The van der Waals surface area contributed by atoms with Crippen molar-refractivity contribution >= 4 is 15.9 Å². The zero-order valence-corrected chi connectivity index (χ0v) is 12.7. The molecule has 0 atom stereocenters. The summed E-state index contributed by atoms with van der Waals surface area (Å²) in [5, 5.41) is 0. The third-order valence-electron chi connectivity index (χ3n) is 2.80. The molecular formula is C14H15BrN2O2. The molecule has 0 saturated heterocycles. The van der Waals surface area contributed by atoms with Crippen LogP contribution in [0, 0.1) is 13.8 Å². The normalized spacial score (nSPS) is 10.7. The van der Waals surface area contributed by atoms with Crippen LogP contribution in [0.4, 0.5) is 0 Å². The molecule has 0 aliphatic heterocycles. The number of halogens is 1. The average molecular weight is 323 g/mol. The molecule has 4 nitrogen and oxygen atoms in total. The van der Waals surface area contributed by atoms with Gasteiger partial charge < -0.3 is 9.72 Å². The van der Waals surface area contributed by atoms with Gasteiger partial charge in [-0.3, -0.25) is 4.79 Å². The molecule has 0 amide bonds. The molecular weight excluding hydrogens is 308 g/mol. The average Bonchev–Trinajstić information content (AvgIpc) is 2.35. The van der Waals surface area contributed by atoms with Gasteiger partial charge in [-0.25, -0.2) is 4.98 Å². The van der Waals surface area contributed by atoms with E-state index in [1.165, 1.54) is 6.07 Å². The largest absolute Gasteiger partial charge is 0.378 e. The SMILES string of the molecule is COCc1cc(=O)[nH]c(-c2cc(C)c(Br)c(C)c2)n1. The molecule has 100 valence electrons. The van der Waals surface area contributed by atoms with Gasteiger partial charge in [-0.05, 0) is 37.1 Å². The third-order valence-corrected chi connectivity index (χ3v) is 4.05. The van der Waals surface area contributed by atoms with E-state index >= 15 is 0 Å². The van der Waals surface area contributed by atoms with E-state index in [4.69, 9.17) is 4.74 Å². The number of nitrogens with zero attached hydrogens (tertiary/aromatic N) is 1. The van der Waals surface area contributed by atoms with Gasteiger partial charge in [0.25, 0.3) is 5.56 Å². The predicted molar refractivity (Wildman–Crippen MR) is 78.2 cm³/mol. The van der Waals surface area contributed by atoms with E-state index < -0.39 is 0 Å². The lowest BCUT2D eigenvalue weighted by Crippen LogP contribution is -2.11. The fraction of sp³-hybridized carbons (Fsp3) is 0.286. The minimum absolute atomic E-state index is 0.171. The molecule has 0 fully saturated rings. The number of benzene rings is 1. The van der Waals surface area contributed by atoms with Gasteiger partial charge in [0.1, 0.15) is 5.82 Å². The fourth-order valence-electron chi connectivity index (χ4n) is 1.95. The Labute approximate surface area is 120 Å². The fourth-order valence-corrected chi connectivity index (χ4v) is 2.18. The Kier molecular flexibility index (Phi) is 4.17. The lowest BCUT2D eigenvalue weighted by molar-refractivity contribution is 0.181. The van der Waals surface area contributed by atoms with Crippen molar-refractivity contribution in [3.63, 3.8) is 0 Å². The maximum atomic E-state index is 11.6. The molecule has 0 aliphatic carbocycles. The molecule has 1 aromatic heterocycles. The highest BCUT2D eigenvalue weighted by Gasteiger charge is 2.08. The van der Waals surface area contributed by atoms with E-state index in [-0.39, 0.29) is 5.56 Å². The molecule has 0 spiro atoms. The molecule has 5 heteroatoms. The summed E-state index contributed by atoms with van der Waals surface area (Å²) in [6.07, 6.45) is 0. The summed E-state index contributed by atoms with van der Waals surface area (Å²) < 4.78 is 6.09. The van der Waals surface area contributed by atoms with E-state index in [0.29, 0.717) is 18.1 Å². The second-order valence-corrected chi connectivity index (χ2v) is 5.24. The lowest BCUT2D eigenvalue weighted by atomic mass is 10.1. The molecule has 2 rings (SSSR count). The molecule has 0 saturated carbocycles. The Morgan fingerprint density at radius 1 is 1.26 bits per heavy atom. The Hall–Kier alpha value is -1.46. The van der Waals surface area contributed by atoms with Gasteiger partial charge in [-0.15, -0.1) is 0 Å². The molecule has 0 bridgehead atoms. The first kappa shape index (κ1) is 14.0. The number of ether oxygens (including phenoxy) is 1. The van der Waals surface area contributed by atoms with Gasteiger partial charge in [-0.2, -0.15) is 0 Å². The summed E-state index contributed by atoms with van der Waals surface area (Å²) in [6.45, 7) is 4.35. The van der Waals surface area contributed by atoms with Crippen molar-refractivity contribution < 1.29 is 4.74 Å². The maximum Gasteiger partial charge on any atom is 0.251 e. The van der Waals surface area contributed by atoms with Crippen LogP contribution in [-0.2, 0) is 11.3 Å². The van der Waals surface area contributed by atoms with Crippen LogP contribution in [-0.4, -0.2) is 17.1 Å². The zero-order valence-electron chi connectivity index (χ0n) is 11.1. The van der Waals surface area contributed by atoms with Crippen molar-refractivity contribution in [2.75, 3.05) is 7.11 Å². The first-order chi connectivity index (χ1) is 9.01. The Balaban J connectivity index is 2.55. The van der Waals surface area contributed by atoms with E-state index in [1.54, 1.807) is 7.11 Å². The van der Waals surface area contributed by atoms with Crippen molar-refractivity contribution in [1.82, 2.24) is 9.97 Å². The number of H-pyrrole nitrogens is 1. The lowest BCUT2D eigenvalue weighted by Gasteiger charge is -2.08. The Morgan fingerprint density at radius 3 is 2.47 bits per heavy atom. The Bertz CT molecular complexity index is 642. The molecule has 1 heterocycles. The number of aromatic nitrogens is 2. The number of methoxy groups -OCH3 is 1. The molecule has 1 N–H and O–H groups in total. The number of hydrogen-bond acceptors (Lipinski definition) is 3. The van der Waals surface area contributed by atoms with E-state index in [0.717, 1.165) is 21.2 Å². The molecule has 1 aromatic carbocycles. The van der Waals surface area contributed by atoms with Crippen LogP contribution in [0.15, 0.2) is 27.5 Å². The molecule has 0 aliphatic rings. The molecule has 2 aromatic rings. The third kappa shape index (κ3) is 3.11. The van der Waals surface area contributed by atoms with Gasteiger partial charge in [0, 0.05) is 23.2 Å². The predicted octanol–water partition coefficient (Wildman–Crippen LogP) is 2.96. The van der Waals surface area contributed by atoms with Crippen LogP contribution < -0.4 is 5.56 Å². The van der Waals surface area contributed by atoms with Gasteiger partial charge in [0.15, 0.2) is 0 Å². The topological polar surface area (TPSA) is 55.0 Å². The number of hydrogen-bond donors (Lipinski definition) is 1.